The Hall–Kier alpha value is -1.09. The van der Waals surface area contributed by atoms with E-state index in [4.69, 9.17) is 5.11 Å². The zero-order valence-electron chi connectivity index (χ0n) is 10.8. The van der Waals surface area contributed by atoms with Gasteiger partial charge in [-0.15, -0.1) is 0 Å². The summed E-state index contributed by atoms with van der Waals surface area (Å²) in [6.07, 6.45) is 4.40. The Kier molecular flexibility index (Phi) is 7.69. The normalized spacial score (nSPS) is 10.8. The Labute approximate surface area is 115 Å². The van der Waals surface area contributed by atoms with Gasteiger partial charge in [-0.25, -0.2) is 8.42 Å². The second kappa shape index (κ2) is 8.16. The SMILES string of the molecule is COS(=O)(=O)[O-].C[S+](C)c1ccc(CC(=O)O)cc1. The number of aliphatic carboxylic acids is 1. The molecule has 0 bridgehead atoms. The molecular formula is C11H16O6S2. The summed E-state index contributed by atoms with van der Waals surface area (Å²) >= 11 is 0. The molecule has 6 nitrogen and oxygen atoms in total. The van der Waals surface area contributed by atoms with Crippen LogP contribution in [0.2, 0.25) is 0 Å². The monoisotopic (exact) mass is 308 g/mol. The lowest BCUT2D eigenvalue weighted by Crippen LogP contribution is -2.01. The largest absolute Gasteiger partial charge is 0.726 e. The third-order valence-corrected chi connectivity index (χ3v) is 3.58. The van der Waals surface area contributed by atoms with Crippen LogP contribution in [0.5, 0.6) is 0 Å². The number of hydrogen-bond acceptors (Lipinski definition) is 5. The Morgan fingerprint density at radius 3 is 2.00 bits per heavy atom. The standard InChI is InChI=1S/C10H12O2S.CH4O4S/c1-13(2)9-5-3-8(4-6-9)7-10(11)12;1-5-6(2,3)4/h3-6H,7H2,1-2H3;1H3,(H,2,3,4). The summed E-state index contributed by atoms with van der Waals surface area (Å²) in [5.41, 5.74) is 0.863. The first kappa shape index (κ1) is 17.9. The number of hydrogen-bond donors (Lipinski definition) is 1. The number of rotatable bonds is 4. The molecule has 0 aliphatic heterocycles. The van der Waals surface area contributed by atoms with Gasteiger partial charge in [-0.1, -0.05) is 12.1 Å². The van der Waals surface area contributed by atoms with Crippen molar-refractivity contribution in [1.29, 1.82) is 0 Å². The summed E-state index contributed by atoms with van der Waals surface area (Å²) in [7, 11) is -3.35. The highest BCUT2D eigenvalue weighted by Gasteiger charge is 2.07. The summed E-state index contributed by atoms with van der Waals surface area (Å²) in [4.78, 5) is 11.7. The smallest absolute Gasteiger partial charge is 0.307 e. The molecule has 0 spiro atoms. The lowest BCUT2D eigenvalue weighted by Gasteiger charge is -1.98. The molecule has 0 atom stereocenters. The van der Waals surface area contributed by atoms with E-state index in [1.54, 1.807) is 0 Å². The van der Waals surface area contributed by atoms with E-state index >= 15 is 0 Å². The van der Waals surface area contributed by atoms with Crippen LogP contribution < -0.4 is 0 Å². The first-order chi connectivity index (χ1) is 8.65. The molecule has 1 N–H and O–H groups in total. The summed E-state index contributed by atoms with van der Waals surface area (Å²) in [5, 5.41) is 8.55. The molecule has 0 saturated carbocycles. The van der Waals surface area contributed by atoms with Gasteiger partial charge in [0.25, 0.3) is 0 Å². The van der Waals surface area contributed by atoms with Gasteiger partial charge in [-0.3, -0.25) is 8.98 Å². The van der Waals surface area contributed by atoms with Gasteiger partial charge >= 0.3 is 5.97 Å². The lowest BCUT2D eigenvalue weighted by atomic mass is 10.2. The lowest BCUT2D eigenvalue weighted by molar-refractivity contribution is -0.136. The van der Waals surface area contributed by atoms with Crippen molar-refractivity contribution in [1.82, 2.24) is 0 Å². The van der Waals surface area contributed by atoms with Crippen molar-refractivity contribution in [3.05, 3.63) is 29.8 Å². The fourth-order valence-corrected chi connectivity index (χ4v) is 1.73. The van der Waals surface area contributed by atoms with Crippen molar-refractivity contribution < 1.29 is 27.1 Å². The molecule has 0 saturated heterocycles. The maximum atomic E-state index is 10.4. The summed E-state index contributed by atoms with van der Waals surface area (Å²) in [5.74, 6) is -0.778. The van der Waals surface area contributed by atoms with Gasteiger partial charge < -0.3 is 9.66 Å². The van der Waals surface area contributed by atoms with Gasteiger partial charge in [0.15, 0.2) is 4.90 Å². The number of carboxylic acid groups (broad SMARTS) is 1. The van der Waals surface area contributed by atoms with E-state index in [1.807, 2.05) is 24.3 Å². The second-order valence-electron chi connectivity index (χ2n) is 3.61. The molecule has 1 rings (SSSR count). The first-order valence-electron chi connectivity index (χ1n) is 5.05. The zero-order chi connectivity index (χ0) is 15.1. The fourth-order valence-electron chi connectivity index (χ4n) is 1.05. The van der Waals surface area contributed by atoms with E-state index in [0.29, 0.717) is 0 Å². The molecular weight excluding hydrogens is 292 g/mol. The van der Waals surface area contributed by atoms with Crippen molar-refractivity contribution >= 4 is 27.3 Å². The van der Waals surface area contributed by atoms with Gasteiger partial charge in [0, 0.05) is 10.9 Å². The molecule has 0 amide bonds. The van der Waals surface area contributed by atoms with Crippen LogP contribution in [0.4, 0.5) is 0 Å². The second-order valence-corrected chi connectivity index (χ2v) is 6.86. The van der Waals surface area contributed by atoms with Crippen LogP contribution in [0, 0.1) is 0 Å². The minimum absolute atomic E-state index is 0.113. The molecule has 0 aliphatic carbocycles. The Morgan fingerprint density at radius 2 is 1.74 bits per heavy atom. The topological polar surface area (TPSA) is 104 Å². The number of carbonyl (C=O) groups is 1. The highest BCUT2D eigenvalue weighted by atomic mass is 32.3. The van der Waals surface area contributed by atoms with Crippen molar-refractivity contribution in [2.24, 2.45) is 0 Å². The minimum Gasteiger partial charge on any atom is -0.726 e. The number of carboxylic acids is 1. The predicted octanol–water partition coefficient (Wildman–Crippen LogP) is 0.643. The van der Waals surface area contributed by atoms with Crippen LogP contribution in [-0.2, 0) is 36.7 Å². The van der Waals surface area contributed by atoms with Crippen molar-refractivity contribution in [2.45, 2.75) is 11.3 Å². The third-order valence-electron chi connectivity index (χ3n) is 1.95. The van der Waals surface area contributed by atoms with Gasteiger partial charge in [-0.05, 0) is 17.7 Å². The van der Waals surface area contributed by atoms with E-state index < -0.39 is 16.4 Å². The fraction of sp³-hybridized carbons (Fsp3) is 0.364. The summed E-state index contributed by atoms with van der Waals surface area (Å²) in [6.45, 7) is 0. The van der Waals surface area contributed by atoms with E-state index in [1.165, 1.54) is 4.90 Å². The average Bonchev–Trinajstić information content (AvgIpc) is 2.28. The van der Waals surface area contributed by atoms with Crippen LogP contribution >= 0.6 is 0 Å². The van der Waals surface area contributed by atoms with Gasteiger partial charge in [0.05, 0.1) is 13.5 Å². The maximum absolute atomic E-state index is 10.4. The molecule has 0 fully saturated rings. The van der Waals surface area contributed by atoms with Crippen LogP contribution in [0.3, 0.4) is 0 Å². The van der Waals surface area contributed by atoms with E-state index in [-0.39, 0.29) is 17.3 Å². The molecule has 8 heteroatoms. The van der Waals surface area contributed by atoms with Crippen molar-refractivity contribution in [3.63, 3.8) is 0 Å². The molecule has 0 aliphatic rings. The van der Waals surface area contributed by atoms with Gasteiger partial charge in [-0.2, -0.15) is 0 Å². The van der Waals surface area contributed by atoms with Crippen LogP contribution in [0.15, 0.2) is 29.2 Å². The van der Waals surface area contributed by atoms with Crippen LogP contribution in [0.1, 0.15) is 5.56 Å². The highest BCUT2D eigenvalue weighted by molar-refractivity contribution is 7.95. The molecule has 108 valence electrons. The Morgan fingerprint density at radius 1 is 1.32 bits per heavy atom. The van der Waals surface area contributed by atoms with Crippen molar-refractivity contribution in [3.8, 4) is 0 Å². The average molecular weight is 308 g/mol. The molecule has 19 heavy (non-hydrogen) atoms. The molecule has 0 unspecified atom stereocenters. The van der Waals surface area contributed by atoms with E-state index in [2.05, 4.69) is 16.7 Å². The van der Waals surface area contributed by atoms with E-state index in [0.717, 1.165) is 12.7 Å². The van der Waals surface area contributed by atoms with Crippen LogP contribution in [-0.4, -0.2) is 43.7 Å². The summed E-state index contributed by atoms with van der Waals surface area (Å²) in [6, 6.07) is 7.77. The van der Waals surface area contributed by atoms with Crippen molar-refractivity contribution in [2.75, 3.05) is 19.6 Å². The predicted molar refractivity (Wildman–Crippen MR) is 72.0 cm³/mol. The third kappa shape index (κ3) is 9.48. The van der Waals surface area contributed by atoms with Crippen LogP contribution in [0.25, 0.3) is 0 Å². The quantitative estimate of drug-likeness (QED) is 0.497. The Balaban J connectivity index is 0.000000459. The molecule has 0 heterocycles. The molecule has 1 aromatic rings. The number of benzene rings is 1. The van der Waals surface area contributed by atoms with E-state index in [9.17, 15) is 17.8 Å². The highest BCUT2D eigenvalue weighted by Crippen LogP contribution is 2.10. The zero-order valence-corrected chi connectivity index (χ0v) is 12.5. The minimum atomic E-state index is -4.41. The van der Waals surface area contributed by atoms with Gasteiger partial charge in [0.2, 0.25) is 10.4 Å². The molecule has 1 aromatic carbocycles. The summed E-state index contributed by atoms with van der Waals surface area (Å²) < 4.78 is 31.0. The first-order valence-corrected chi connectivity index (χ1v) is 8.43. The van der Waals surface area contributed by atoms with Gasteiger partial charge in [0.1, 0.15) is 12.5 Å². The molecule has 0 radical (unpaired) electrons. The maximum Gasteiger partial charge on any atom is 0.307 e. The Bertz CT molecular complexity index is 492. The molecule has 0 aromatic heterocycles.